The maximum absolute atomic E-state index is 4.84. The van der Waals surface area contributed by atoms with Crippen LogP contribution in [0.1, 0.15) is 64.1 Å². The highest BCUT2D eigenvalue weighted by atomic mass is 15.3. The van der Waals surface area contributed by atoms with Crippen LogP contribution < -0.4 is 5.32 Å². The van der Waals surface area contributed by atoms with Gasteiger partial charge in [-0.15, -0.1) is 0 Å². The number of hydrogen-bond donors (Lipinski definition) is 1. The monoisotopic (exact) mass is 275 g/mol. The fraction of sp³-hybridized carbons (Fsp3) is 0.824. The Morgan fingerprint density at radius 1 is 1.20 bits per heavy atom. The molecule has 2 atom stereocenters. The van der Waals surface area contributed by atoms with Crippen molar-refractivity contribution in [3.05, 3.63) is 18.0 Å². The maximum Gasteiger partial charge on any atom is 0.0627 e. The van der Waals surface area contributed by atoms with E-state index < -0.39 is 0 Å². The fourth-order valence-corrected chi connectivity index (χ4v) is 3.69. The third-order valence-corrected chi connectivity index (χ3v) is 5.20. The lowest BCUT2D eigenvalue weighted by Crippen LogP contribution is -2.38. The Labute approximate surface area is 123 Å². The molecule has 0 aliphatic heterocycles. The van der Waals surface area contributed by atoms with E-state index in [1.807, 2.05) is 0 Å². The third kappa shape index (κ3) is 3.25. The molecule has 1 aromatic heterocycles. The first kappa shape index (κ1) is 14.1. The van der Waals surface area contributed by atoms with Crippen molar-refractivity contribution in [1.29, 1.82) is 0 Å². The van der Waals surface area contributed by atoms with Crippen molar-refractivity contribution in [2.75, 3.05) is 6.54 Å². The number of rotatable bonds is 6. The van der Waals surface area contributed by atoms with Gasteiger partial charge in [0.25, 0.3) is 0 Å². The minimum Gasteiger partial charge on any atom is -0.314 e. The molecule has 112 valence electrons. The molecular formula is C17H29N3. The van der Waals surface area contributed by atoms with Crippen LogP contribution in [0.2, 0.25) is 0 Å². The SMILES string of the molecule is CC(C)NCC1CCC1Cc1ccn(C2CCCC2)n1. The minimum absolute atomic E-state index is 0.609. The molecule has 0 saturated heterocycles. The zero-order valence-electron chi connectivity index (χ0n) is 13.0. The molecule has 2 unspecified atom stereocenters. The van der Waals surface area contributed by atoms with E-state index in [0.29, 0.717) is 12.1 Å². The Morgan fingerprint density at radius 2 is 1.95 bits per heavy atom. The van der Waals surface area contributed by atoms with Gasteiger partial charge in [-0.25, -0.2) is 0 Å². The normalized spacial score (nSPS) is 27.1. The molecule has 0 radical (unpaired) electrons. The van der Waals surface area contributed by atoms with Crippen LogP contribution in [0.25, 0.3) is 0 Å². The maximum atomic E-state index is 4.84. The third-order valence-electron chi connectivity index (χ3n) is 5.20. The van der Waals surface area contributed by atoms with Crippen LogP contribution >= 0.6 is 0 Å². The van der Waals surface area contributed by atoms with Gasteiger partial charge >= 0.3 is 0 Å². The molecule has 2 saturated carbocycles. The summed E-state index contributed by atoms with van der Waals surface area (Å²) in [6, 6.07) is 3.55. The van der Waals surface area contributed by atoms with Crippen molar-refractivity contribution in [2.24, 2.45) is 11.8 Å². The van der Waals surface area contributed by atoms with Crippen molar-refractivity contribution in [3.63, 3.8) is 0 Å². The van der Waals surface area contributed by atoms with Crippen molar-refractivity contribution in [2.45, 2.75) is 70.9 Å². The van der Waals surface area contributed by atoms with Crippen molar-refractivity contribution < 1.29 is 0 Å². The highest BCUT2D eigenvalue weighted by Crippen LogP contribution is 2.36. The second kappa shape index (κ2) is 6.30. The molecule has 1 heterocycles. The molecular weight excluding hydrogens is 246 g/mol. The van der Waals surface area contributed by atoms with Crippen LogP contribution in [0, 0.1) is 11.8 Å². The average Bonchev–Trinajstić information content (AvgIpc) is 3.05. The minimum atomic E-state index is 0.609. The molecule has 0 amide bonds. The molecule has 3 rings (SSSR count). The Hall–Kier alpha value is -0.830. The average molecular weight is 275 g/mol. The summed E-state index contributed by atoms with van der Waals surface area (Å²) in [4.78, 5) is 0. The summed E-state index contributed by atoms with van der Waals surface area (Å²) in [7, 11) is 0. The van der Waals surface area contributed by atoms with Gasteiger partial charge < -0.3 is 5.32 Å². The lowest BCUT2D eigenvalue weighted by molar-refractivity contribution is 0.166. The van der Waals surface area contributed by atoms with Gasteiger partial charge in [0.05, 0.1) is 11.7 Å². The molecule has 3 heteroatoms. The van der Waals surface area contributed by atoms with Gasteiger partial charge in [-0.05, 0) is 56.6 Å². The molecule has 0 spiro atoms. The number of nitrogens with one attached hydrogen (secondary N) is 1. The number of hydrogen-bond acceptors (Lipinski definition) is 2. The molecule has 2 fully saturated rings. The summed E-state index contributed by atoms with van der Waals surface area (Å²) in [5, 5.41) is 8.43. The van der Waals surface area contributed by atoms with Crippen LogP contribution in [-0.4, -0.2) is 22.4 Å². The topological polar surface area (TPSA) is 29.9 Å². The first-order valence-corrected chi connectivity index (χ1v) is 8.50. The smallest absolute Gasteiger partial charge is 0.0627 e. The fourth-order valence-electron chi connectivity index (χ4n) is 3.69. The zero-order chi connectivity index (χ0) is 13.9. The van der Waals surface area contributed by atoms with Gasteiger partial charge in [0.1, 0.15) is 0 Å². The lowest BCUT2D eigenvalue weighted by atomic mass is 9.71. The highest BCUT2D eigenvalue weighted by molar-refractivity contribution is 5.04. The van der Waals surface area contributed by atoms with Gasteiger partial charge in [-0.1, -0.05) is 26.7 Å². The van der Waals surface area contributed by atoms with Crippen LogP contribution in [0.3, 0.4) is 0 Å². The van der Waals surface area contributed by atoms with Crippen LogP contribution in [-0.2, 0) is 6.42 Å². The van der Waals surface area contributed by atoms with Crippen LogP contribution in [0.5, 0.6) is 0 Å². The Kier molecular flexibility index (Phi) is 4.45. The molecule has 20 heavy (non-hydrogen) atoms. The number of nitrogens with zero attached hydrogens (tertiary/aromatic N) is 2. The molecule has 0 aromatic carbocycles. The molecule has 1 aromatic rings. The van der Waals surface area contributed by atoms with E-state index in [9.17, 15) is 0 Å². The van der Waals surface area contributed by atoms with E-state index in [1.165, 1.54) is 57.2 Å². The van der Waals surface area contributed by atoms with E-state index in [1.54, 1.807) is 0 Å². The molecule has 2 aliphatic rings. The summed E-state index contributed by atoms with van der Waals surface area (Å²) < 4.78 is 2.24. The summed E-state index contributed by atoms with van der Waals surface area (Å²) in [5.41, 5.74) is 1.32. The summed E-state index contributed by atoms with van der Waals surface area (Å²) >= 11 is 0. The Bertz CT molecular complexity index is 418. The first-order chi connectivity index (χ1) is 9.72. The standard InChI is InChI=1S/C17H29N3/c1-13(2)18-12-15-8-7-14(15)11-16-9-10-20(19-16)17-5-3-4-6-17/h9-10,13-15,17-18H,3-8,11-12H2,1-2H3. The molecule has 2 aliphatic carbocycles. The van der Waals surface area contributed by atoms with E-state index >= 15 is 0 Å². The molecule has 3 nitrogen and oxygen atoms in total. The second-order valence-corrected chi connectivity index (χ2v) is 7.09. The van der Waals surface area contributed by atoms with Crippen molar-refractivity contribution >= 4 is 0 Å². The van der Waals surface area contributed by atoms with Crippen LogP contribution in [0.4, 0.5) is 0 Å². The van der Waals surface area contributed by atoms with Crippen molar-refractivity contribution in [1.82, 2.24) is 15.1 Å². The lowest BCUT2D eigenvalue weighted by Gasteiger charge is -2.37. The van der Waals surface area contributed by atoms with E-state index in [2.05, 4.69) is 36.1 Å². The quantitative estimate of drug-likeness (QED) is 0.860. The van der Waals surface area contributed by atoms with Gasteiger partial charge in [0.15, 0.2) is 0 Å². The van der Waals surface area contributed by atoms with E-state index in [0.717, 1.165) is 11.8 Å². The Morgan fingerprint density at radius 3 is 2.60 bits per heavy atom. The number of aromatic nitrogens is 2. The van der Waals surface area contributed by atoms with E-state index in [-0.39, 0.29) is 0 Å². The summed E-state index contributed by atoms with van der Waals surface area (Å²) in [5.74, 6) is 1.72. The van der Waals surface area contributed by atoms with Gasteiger partial charge in [0.2, 0.25) is 0 Å². The van der Waals surface area contributed by atoms with Gasteiger partial charge in [-0.3, -0.25) is 4.68 Å². The largest absolute Gasteiger partial charge is 0.314 e. The first-order valence-electron chi connectivity index (χ1n) is 8.50. The predicted octanol–water partition coefficient (Wildman–Crippen LogP) is 3.56. The molecule has 0 bridgehead atoms. The zero-order valence-corrected chi connectivity index (χ0v) is 13.0. The van der Waals surface area contributed by atoms with E-state index in [4.69, 9.17) is 5.10 Å². The summed E-state index contributed by atoms with van der Waals surface area (Å²) in [6.07, 6.45) is 11.6. The van der Waals surface area contributed by atoms with Crippen LogP contribution in [0.15, 0.2) is 12.3 Å². The van der Waals surface area contributed by atoms with Crippen molar-refractivity contribution in [3.8, 4) is 0 Å². The summed E-state index contributed by atoms with van der Waals surface area (Å²) in [6.45, 7) is 5.65. The predicted molar refractivity (Wildman–Crippen MR) is 82.8 cm³/mol. The highest BCUT2D eigenvalue weighted by Gasteiger charge is 2.31. The molecule has 1 N–H and O–H groups in total. The second-order valence-electron chi connectivity index (χ2n) is 7.09. The van der Waals surface area contributed by atoms with Gasteiger partial charge in [-0.2, -0.15) is 5.10 Å². The van der Waals surface area contributed by atoms with Gasteiger partial charge in [0, 0.05) is 12.2 Å². The Balaban J connectivity index is 1.50.